The molecule has 6 heteroatoms. The Balaban J connectivity index is 2.09. The summed E-state index contributed by atoms with van der Waals surface area (Å²) in [4.78, 5) is 10.7. The van der Waals surface area contributed by atoms with Crippen LogP contribution in [0.3, 0.4) is 0 Å². The van der Waals surface area contributed by atoms with Gasteiger partial charge in [0.05, 0.1) is 4.47 Å². The van der Waals surface area contributed by atoms with E-state index in [-0.39, 0.29) is 18.2 Å². The number of carbonyl (C=O) groups is 1. The zero-order chi connectivity index (χ0) is 14.0. The molecule has 0 spiro atoms. The van der Waals surface area contributed by atoms with Crippen LogP contribution < -0.4 is 4.74 Å². The van der Waals surface area contributed by atoms with Crippen LogP contribution in [0.4, 0.5) is 4.39 Å². The number of benzene rings is 1. The molecule has 4 nitrogen and oxygen atoms in total. The molecule has 1 aromatic carbocycles. The first kappa shape index (κ1) is 13.6. The first-order valence-corrected chi connectivity index (χ1v) is 6.17. The number of aromatic carboxylic acids is 1. The lowest BCUT2D eigenvalue weighted by molar-refractivity contribution is 0.0661. The van der Waals surface area contributed by atoms with Gasteiger partial charge >= 0.3 is 5.97 Å². The van der Waals surface area contributed by atoms with Crippen molar-refractivity contribution in [3.63, 3.8) is 0 Å². The molecule has 0 atom stereocenters. The summed E-state index contributed by atoms with van der Waals surface area (Å²) in [6.07, 6.45) is 0. The molecule has 0 fully saturated rings. The van der Waals surface area contributed by atoms with Crippen molar-refractivity contribution in [2.24, 2.45) is 0 Å². The number of halogens is 2. The fourth-order valence-electron chi connectivity index (χ4n) is 1.50. The van der Waals surface area contributed by atoms with Crippen LogP contribution in [0, 0.1) is 12.7 Å². The van der Waals surface area contributed by atoms with Gasteiger partial charge < -0.3 is 14.3 Å². The van der Waals surface area contributed by atoms with E-state index in [1.165, 1.54) is 24.3 Å². The maximum Gasteiger partial charge on any atom is 0.371 e. The molecule has 0 amide bonds. The lowest BCUT2D eigenvalue weighted by Crippen LogP contribution is -1.96. The predicted octanol–water partition coefficient (Wildman–Crippen LogP) is 3.77. The summed E-state index contributed by atoms with van der Waals surface area (Å²) in [5, 5.41) is 8.79. The molecule has 0 aliphatic heterocycles. The molecule has 2 aromatic rings. The molecule has 1 N–H and O–H groups in total. The molecule has 0 radical (unpaired) electrons. The van der Waals surface area contributed by atoms with Crippen molar-refractivity contribution in [3.05, 3.63) is 51.6 Å². The smallest absolute Gasteiger partial charge is 0.371 e. The molecule has 2 rings (SSSR count). The van der Waals surface area contributed by atoms with Crippen LogP contribution in [0.1, 0.15) is 21.9 Å². The number of hydrogen-bond acceptors (Lipinski definition) is 3. The zero-order valence-corrected chi connectivity index (χ0v) is 11.5. The highest BCUT2D eigenvalue weighted by Gasteiger charge is 2.13. The SMILES string of the molecule is Cc1oc(C(=O)O)cc1COc1ccc(F)c(Br)c1. The molecule has 0 aliphatic carbocycles. The Hall–Kier alpha value is -1.82. The van der Waals surface area contributed by atoms with Crippen LogP contribution >= 0.6 is 15.9 Å². The molecule has 0 unspecified atom stereocenters. The Kier molecular flexibility index (Phi) is 3.90. The molecule has 1 aromatic heterocycles. The third-order valence-corrected chi connectivity index (χ3v) is 3.12. The van der Waals surface area contributed by atoms with E-state index < -0.39 is 5.97 Å². The van der Waals surface area contributed by atoms with Crippen LogP contribution in [0.15, 0.2) is 33.2 Å². The van der Waals surface area contributed by atoms with Crippen molar-refractivity contribution in [2.75, 3.05) is 0 Å². The fraction of sp³-hybridized carbons (Fsp3) is 0.154. The Bertz CT molecular complexity index is 621. The van der Waals surface area contributed by atoms with Crippen LogP contribution in [-0.2, 0) is 6.61 Å². The van der Waals surface area contributed by atoms with Crippen molar-refractivity contribution < 1.29 is 23.4 Å². The highest BCUT2D eigenvalue weighted by molar-refractivity contribution is 9.10. The minimum atomic E-state index is -1.13. The topological polar surface area (TPSA) is 59.7 Å². The number of carboxylic acids is 1. The molecule has 0 aliphatic rings. The Morgan fingerprint density at radius 1 is 1.47 bits per heavy atom. The summed E-state index contributed by atoms with van der Waals surface area (Å²) < 4.78 is 23.9. The van der Waals surface area contributed by atoms with Crippen molar-refractivity contribution >= 4 is 21.9 Å². The van der Waals surface area contributed by atoms with Crippen molar-refractivity contribution in [1.29, 1.82) is 0 Å². The lowest BCUT2D eigenvalue weighted by Gasteiger charge is -2.05. The predicted molar refractivity (Wildman–Crippen MR) is 68.8 cm³/mol. The third-order valence-electron chi connectivity index (χ3n) is 2.52. The monoisotopic (exact) mass is 328 g/mol. The van der Waals surface area contributed by atoms with Gasteiger partial charge in [-0.15, -0.1) is 0 Å². The van der Waals surface area contributed by atoms with Gasteiger partial charge in [0, 0.05) is 5.56 Å². The van der Waals surface area contributed by atoms with E-state index >= 15 is 0 Å². The molecule has 100 valence electrons. The Morgan fingerprint density at radius 3 is 2.79 bits per heavy atom. The van der Waals surface area contributed by atoms with E-state index in [2.05, 4.69) is 15.9 Å². The van der Waals surface area contributed by atoms with Gasteiger partial charge in [-0.2, -0.15) is 0 Å². The highest BCUT2D eigenvalue weighted by atomic mass is 79.9. The minimum Gasteiger partial charge on any atom is -0.489 e. The van der Waals surface area contributed by atoms with Crippen LogP contribution in [0.25, 0.3) is 0 Å². The van der Waals surface area contributed by atoms with Crippen molar-refractivity contribution in [2.45, 2.75) is 13.5 Å². The van der Waals surface area contributed by atoms with Crippen LogP contribution in [-0.4, -0.2) is 11.1 Å². The van der Waals surface area contributed by atoms with Gasteiger partial charge in [-0.05, 0) is 47.1 Å². The van der Waals surface area contributed by atoms with Gasteiger partial charge in [0.15, 0.2) is 0 Å². The van der Waals surface area contributed by atoms with Crippen LogP contribution in [0.5, 0.6) is 5.75 Å². The molecular formula is C13H10BrFO4. The van der Waals surface area contributed by atoms with E-state index in [9.17, 15) is 9.18 Å². The van der Waals surface area contributed by atoms with E-state index in [1.54, 1.807) is 6.92 Å². The average Bonchev–Trinajstić information content (AvgIpc) is 2.73. The Labute approximate surface area is 116 Å². The van der Waals surface area contributed by atoms with Gasteiger partial charge in [-0.3, -0.25) is 0 Å². The molecule has 19 heavy (non-hydrogen) atoms. The maximum atomic E-state index is 13.0. The second-order valence-corrected chi connectivity index (χ2v) is 4.72. The second-order valence-electron chi connectivity index (χ2n) is 3.86. The second kappa shape index (κ2) is 5.44. The summed E-state index contributed by atoms with van der Waals surface area (Å²) in [6.45, 7) is 1.81. The summed E-state index contributed by atoms with van der Waals surface area (Å²) in [5.74, 6) is -0.667. The number of aryl methyl sites for hydroxylation is 1. The summed E-state index contributed by atoms with van der Waals surface area (Å²) >= 11 is 3.06. The summed E-state index contributed by atoms with van der Waals surface area (Å²) in [5.41, 5.74) is 0.637. The standard InChI is InChI=1S/C13H10BrFO4/c1-7-8(4-12(19-7)13(16)17)6-18-9-2-3-11(15)10(14)5-9/h2-5H,6H2,1H3,(H,16,17). The van der Waals surface area contributed by atoms with Gasteiger partial charge in [0.1, 0.15) is 23.9 Å². The molecule has 0 saturated heterocycles. The fourth-order valence-corrected chi connectivity index (χ4v) is 1.85. The average molecular weight is 329 g/mol. The van der Waals surface area contributed by atoms with Crippen molar-refractivity contribution in [3.8, 4) is 5.75 Å². The lowest BCUT2D eigenvalue weighted by atomic mass is 10.2. The van der Waals surface area contributed by atoms with Gasteiger partial charge in [-0.1, -0.05) is 0 Å². The van der Waals surface area contributed by atoms with Gasteiger partial charge in [0.25, 0.3) is 0 Å². The summed E-state index contributed by atoms with van der Waals surface area (Å²) in [7, 11) is 0. The highest BCUT2D eigenvalue weighted by Crippen LogP contribution is 2.23. The van der Waals surface area contributed by atoms with E-state index in [0.29, 0.717) is 21.5 Å². The largest absolute Gasteiger partial charge is 0.489 e. The van der Waals surface area contributed by atoms with Gasteiger partial charge in [0.2, 0.25) is 5.76 Å². The van der Waals surface area contributed by atoms with Crippen LogP contribution in [0.2, 0.25) is 0 Å². The molecule has 1 heterocycles. The molecular weight excluding hydrogens is 319 g/mol. The first-order chi connectivity index (χ1) is 8.97. The molecule has 0 bridgehead atoms. The van der Waals surface area contributed by atoms with E-state index in [4.69, 9.17) is 14.3 Å². The number of hydrogen-bond donors (Lipinski definition) is 1. The van der Waals surface area contributed by atoms with Crippen molar-refractivity contribution in [1.82, 2.24) is 0 Å². The normalized spacial score (nSPS) is 10.5. The van der Waals surface area contributed by atoms with E-state index in [1.807, 2.05) is 0 Å². The number of ether oxygens (including phenoxy) is 1. The maximum absolute atomic E-state index is 13.0. The van der Waals surface area contributed by atoms with Gasteiger partial charge in [-0.25, -0.2) is 9.18 Å². The minimum absolute atomic E-state index is 0.128. The van der Waals surface area contributed by atoms with E-state index in [0.717, 1.165) is 0 Å². The third kappa shape index (κ3) is 3.14. The number of carboxylic acid groups (broad SMARTS) is 1. The molecule has 0 saturated carbocycles. The number of rotatable bonds is 4. The zero-order valence-electron chi connectivity index (χ0n) is 9.94. The Morgan fingerprint density at radius 2 is 2.21 bits per heavy atom. The quantitative estimate of drug-likeness (QED) is 0.928. The summed E-state index contributed by atoms with van der Waals surface area (Å²) in [6, 6.07) is 5.69. The number of furan rings is 1. The first-order valence-electron chi connectivity index (χ1n) is 5.38.